The third kappa shape index (κ3) is 13.0. The first-order valence-electron chi connectivity index (χ1n) is 18.7. The highest BCUT2D eigenvalue weighted by atomic mass is 16.7. The van der Waals surface area contributed by atoms with Crippen molar-refractivity contribution in [3.05, 3.63) is 95.6 Å². The number of rotatable bonds is 23. The summed E-state index contributed by atoms with van der Waals surface area (Å²) in [7, 11) is 3.20. The average Bonchev–Trinajstić information content (AvgIpc) is 3.20. The molecule has 1 amide bonds. The van der Waals surface area contributed by atoms with E-state index in [0.717, 1.165) is 30.5 Å². The molecule has 1 fully saturated rings. The standard InChI is InChI=1S/C42H53NO15/c1-27(44)54-26-37-40(57-29(3)46)39(56-28(2)45)36(23-38(43)48)41(58-37)53-22-21-51-19-20-52-24-33(47)25-55-42(30-9-7-6-8-10-30,31-11-15-34(49-4)16-12-31)32-13-17-35(50-5)18-14-32/h6-18,33,36-37,39-41,47H,19-26H2,1-5H3,(H2,43,48)/t33-,36+,37+,39+,40-,41+/m0/s1. The second kappa shape index (κ2) is 22.7. The van der Waals surface area contributed by atoms with Crippen LogP contribution in [0.4, 0.5) is 0 Å². The summed E-state index contributed by atoms with van der Waals surface area (Å²) in [6.45, 7) is 3.30. The van der Waals surface area contributed by atoms with E-state index < -0.39 is 66.0 Å². The molecule has 0 aromatic heterocycles. The zero-order chi connectivity index (χ0) is 42.1. The van der Waals surface area contributed by atoms with Gasteiger partial charge in [-0.1, -0.05) is 54.6 Å². The van der Waals surface area contributed by atoms with Crippen molar-refractivity contribution in [2.24, 2.45) is 11.7 Å². The van der Waals surface area contributed by atoms with Crippen molar-refractivity contribution in [3.63, 3.8) is 0 Å². The van der Waals surface area contributed by atoms with Gasteiger partial charge in [0.1, 0.15) is 42.0 Å². The molecule has 0 saturated carbocycles. The van der Waals surface area contributed by atoms with Gasteiger partial charge in [-0.05, 0) is 41.0 Å². The molecule has 0 aliphatic carbocycles. The van der Waals surface area contributed by atoms with Gasteiger partial charge in [0.15, 0.2) is 12.4 Å². The van der Waals surface area contributed by atoms with Gasteiger partial charge < -0.3 is 58.2 Å². The van der Waals surface area contributed by atoms with E-state index in [4.69, 9.17) is 53.1 Å². The number of carbonyl (C=O) groups is 4. The van der Waals surface area contributed by atoms with Crippen LogP contribution in [-0.4, -0.2) is 120 Å². The SMILES string of the molecule is COc1ccc(C(OC[C@@H](O)COCCOCCO[C@@H]2O[C@H](COC(C)=O)[C@H](OC(C)=O)[C@H](OC(C)=O)[C@H]2CC(N)=O)(c2ccccc2)c2ccc(OC)cc2)cc1. The lowest BCUT2D eigenvalue weighted by molar-refractivity contribution is -0.293. The molecule has 1 saturated heterocycles. The van der Waals surface area contributed by atoms with Gasteiger partial charge in [0.25, 0.3) is 0 Å². The van der Waals surface area contributed by atoms with Crippen LogP contribution in [0.1, 0.15) is 43.9 Å². The largest absolute Gasteiger partial charge is 0.497 e. The summed E-state index contributed by atoms with van der Waals surface area (Å²) in [5.41, 5.74) is 6.88. The van der Waals surface area contributed by atoms with Gasteiger partial charge >= 0.3 is 17.9 Å². The molecule has 0 radical (unpaired) electrons. The van der Waals surface area contributed by atoms with Crippen molar-refractivity contribution >= 4 is 23.8 Å². The van der Waals surface area contributed by atoms with E-state index in [1.807, 2.05) is 78.9 Å². The van der Waals surface area contributed by atoms with Crippen molar-refractivity contribution in [2.45, 2.75) is 63.5 Å². The number of aliphatic hydroxyl groups is 1. The highest BCUT2D eigenvalue weighted by Gasteiger charge is 2.51. The van der Waals surface area contributed by atoms with E-state index in [1.54, 1.807) is 14.2 Å². The number of ether oxygens (including phenoxy) is 10. The first-order valence-corrected chi connectivity index (χ1v) is 18.7. The second-order valence-corrected chi connectivity index (χ2v) is 13.4. The van der Waals surface area contributed by atoms with E-state index >= 15 is 0 Å². The molecule has 16 nitrogen and oxygen atoms in total. The molecular formula is C42H53NO15. The molecule has 316 valence electrons. The van der Waals surface area contributed by atoms with Crippen LogP contribution in [0.15, 0.2) is 78.9 Å². The third-order valence-electron chi connectivity index (χ3n) is 9.12. The monoisotopic (exact) mass is 811 g/mol. The fraction of sp³-hybridized carbons (Fsp3) is 0.476. The molecule has 0 spiro atoms. The number of carbonyl (C=O) groups excluding carboxylic acids is 4. The first-order chi connectivity index (χ1) is 27.9. The van der Waals surface area contributed by atoms with Crippen molar-refractivity contribution in [1.82, 2.24) is 0 Å². The molecule has 1 aliphatic heterocycles. The maximum atomic E-state index is 12.1. The van der Waals surface area contributed by atoms with Crippen LogP contribution in [0.3, 0.4) is 0 Å². The predicted molar refractivity (Wildman–Crippen MR) is 206 cm³/mol. The Hall–Kier alpha value is -5.10. The number of aliphatic hydroxyl groups excluding tert-OH is 1. The van der Waals surface area contributed by atoms with E-state index in [2.05, 4.69) is 0 Å². The molecule has 16 heteroatoms. The van der Waals surface area contributed by atoms with Crippen molar-refractivity contribution in [2.75, 3.05) is 60.5 Å². The molecule has 58 heavy (non-hydrogen) atoms. The van der Waals surface area contributed by atoms with Crippen molar-refractivity contribution in [3.8, 4) is 11.5 Å². The van der Waals surface area contributed by atoms with E-state index in [1.165, 1.54) is 6.92 Å². The zero-order valence-corrected chi connectivity index (χ0v) is 33.4. The number of amides is 1. The Kier molecular flexibility index (Phi) is 17.9. The van der Waals surface area contributed by atoms with Crippen LogP contribution >= 0.6 is 0 Å². The third-order valence-corrected chi connectivity index (χ3v) is 9.12. The number of hydrogen-bond donors (Lipinski definition) is 2. The fourth-order valence-electron chi connectivity index (χ4n) is 6.59. The molecule has 6 atom stereocenters. The van der Waals surface area contributed by atoms with Gasteiger partial charge in [0.2, 0.25) is 5.91 Å². The number of primary amides is 1. The molecule has 4 rings (SSSR count). The molecular weight excluding hydrogens is 758 g/mol. The Labute approximate surface area is 337 Å². The summed E-state index contributed by atoms with van der Waals surface area (Å²) in [5, 5.41) is 11.0. The van der Waals surface area contributed by atoms with Crippen LogP contribution in [-0.2, 0) is 62.7 Å². The molecule has 3 N–H and O–H groups in total. The van der Waals surface area contributed by atoms with Crippen LogP contribution in [0, 0.1) is 5.92 Å². The summed E-state index contributed by atoms with van der Waals surface area (Å²) in [4.78, 5) is 47.6. The van der Waals surface area contributed by atoms with Gasteiger partial charge in [-0.3, -0.25) is 19.2 Å². The minimum atomic E-state index is -1.22. The van der Waals surface area contributed by atoms with Gasteiger partial charge in [0.05, 0.1) is 59.8 Å². The van der Waals surface area contributed by atoms with Gasteiger partial charge in [0, 0.05) is 27.2 Å². The zero-order valence-electron chi connectivity index (χ0n) is 33.4. The number of esters is 3. The van der Waals surface area contributed by atoms with Gasteiger partial charge in [-0.2, -0.15) is 0 Å². The molecule has 1 heterocycles. The van der Waals surface area contributed by atoms with Crippen LogP contribution in [0.2, 0.25) is 0 Å². The van der Waals surface area contributed by atoms with Crippen LogP contribution < -0.4 is 15.2 Å². The Bertz CT molecular complexity index is 1690. The van der Waals surface area contributed by atoms with E-state index in [0.29, 0.717) is 11.5 Å². The maximum Gasteiger partial charge on any atom is 0.303 e. The summed E-state index contributed by atoms with van der Waals surface area (Å²) in [5.74, 6) is -2.39. The van der Waals surface area contributed by atoms with E-state index in [9.17, 15) is 24.3 Å². The summed E-state index contributed by atoms with van der Waals surface area (Å²) < 4.78 is 56.8. The Morgan fingerprint density at radius 3 is 1.78 bits per heavy atom. The second-order valence-electron chi connectivity index (χ2n) is 13.4. The first kappa shape index (κ1) is 45.6. The smallest absolute Gasteiger partial charge is 0.303 e. The average molecular weight is 812 g/mol. The lowest BCUT2D eigenvalue weighted by Gasteiger charge is -2.44. The lowest BCUT2D eigenvalue weighted by atomic mass is 9.80. The van der Waals surface area contributed by atoms with Gasteiger partial charge in [-0.15, -0.1) is 0 Å². The molecule has 1 aliphatic rings. The van der Waals surface area contributed by atoms with Crippen LogP contribution in [0.25, 0.3) is 0 Å². The number of hydrogen-bond acceptors (Lipinski definition) is 15. The summed E-state index contributed by atoms with van der Waals surface area (Å²) in [6.07, 6.45) is -6.05. The lowest BCUT2D eigenvalue weighted by Crippen LogP contribution is -2.60. The fourth-order valence-corrected chi connectivity index (χ4v) is 6.59. The minimum Gasteiger partial charge on any atom is -0.497 e. The maximum absolute atomic E-state index is 12.1. The van der Waals surface area contributed by atoms with Crippen LogP contribution in [0.5, 0.6) is 11.5 Å². The Morgan fingerprint density at radius 2 is 1.24 bits per heavy atom. The minimum absolute atomic E-state index is 0.0417. The molecule has 0 bridgehead atoms. The molecule has 3 aromatic rings. The van der Waals surface area contributed by atoms with Crippen molar-refractivity contribution < 1.29 is 71.7 Å². The van der Waals surface area contributed by atoms with Gasteiger partial charge in [-0.25, -0.2) is 0 Å². The number of benzene rings is 3. The van der Waals surface area contributed by atoms with E-state index in [-0.39, 0.29) is 52.7 Å². The molecule has 3 aromatic carbocycles. The highest BCUT2D eigenvalue weighted by molar-refractivity contribution is 5.74. The highest BCUT2D eigenvalue weighted by Crippen LogP contribution is 2.42. The quantitative estimate of drug-likeness (QED) is 0.0611. The predicted octanol–water partition coefficient (Wildman–Crippen LogP) is 3.07. The normalized spacial score (nSPS) is 19.7. The Balaban J connectivity index is 1.34. The summed E-state index contributed by atoms with van der Waals surface area (Å²) >= 11 is 0. The summed E-state index contributed by atoms with van der Waals surface area (Å²) in [6, 6.07) is 24.8. The Morgan fingerprint density at radius 1 is 0.707 bits per heavy atom. The van der Waals surface area contributed by atoms with Crippen molar-refractivity contribution in [1.29, 1.82) is 0 Å². The number of nitrogens with two attached hydrogens (primary N) is 1. The molecule has 0 unspecified atom stereocenters. The number of methoxy groups -OCH3 is 2. The topological polar surface area (TPSA) is 207 Å².